The summed E-state index contributed by atoms with van der Waals surface area (Å²) in [6, 6.07) is 7.91. The van der Waals surface area contributed by atoms with E-state index in [0.717, 1.165) is 11.8 Å². The van der Waals surface area contributed by atoms with Crippen molar-refractivity contribution in [3.05, 3.63) is 23.8 Å². The van der Waals surface area contributed by atoms with Gasteiger partial charge in [-0.05, 0) is 50.1 Å². The number of benzene rings is 1. The number of ether oxygens (including phenoxy) is 1. The first-order valence-corrected chi connectivity index (χ1v) is 7.15. The van der Waals surface area contributed by atoms with Crippen LogP contribution in [0.5, 0.6) is 5.75 Å². The van der Waals surface area contributed by atoms with Gasteiger partial charge in [-0.3, -0.25) is 0 Å². The summed E-state index contributed by atoms with van der Waals surface area (Å²) >= 11 is 0. The van der Waals surface area contributed by atoms with Crippen LogP contribution in [-0.2, 0) is 4.65 Å². The van der Waals surface area contributed by atoms with E-state index in [1.54, 1.807) is 0 Å². The van der Waals surface area contributed by atoms with Crippen LogP contribution in [-0.4, -0.2) is 19.1 Å². The SMILES string of the molecule is CCOc1cc(B2CC(C)(C)C(C)(C)O2)ccc1C#N. The van der Waals surface area contributed by atoms with E-state index in [0.29, 0.717) is 17.9 Å². The molecule has 0 radical (unpaired) electrons. The maximum absolute atomic E-state index is 9.11. The van der Waals surface area contributed by atoms with Crippen molar-refractivity contribution in [1.82, 2.24) is 0 Å². The van der Waals surface area contributed by atoms with Gasteiger partial charge in [0.05, 0.1) is 17.8 Å². The molecule has 1 fully saturated rings. The molecule has 3 nitrogen and oxygen atoms in total. The number of nitrogens with zero attached hydrogens (tertiary/aromatic N) is 1. The van der Waals surface area contributed by atoms with E-state index in [-0.39, 0.29) is 17.9 Å². The van der Waals surface area contributed by atoms with Crippen LogP contribution in [0, 0.1) is 16.7 Å². The number of nitriles is 1. The smallest absolute Gasteiger partial charge is 0.328 e. The van der Waals surface area contributed by atoms with Crippen molar-refractivity contribution in [3.63, 3.8) is 0 Å². The van der Waals surface area contributed by atoms with Crippen LogP contribution in [0.3, 0.4) is 0 Å². The third-order valence-corrected chi connectivity index (χ3v) is 4.56. The van der Waals surface area contributed by atoms with Gasteiger partial charge >= 0.3 is 6.92 Å². The fourth-order valence-electron chi connectivity index (χ4n) is 2.56. The van der Waals surface area contributed by atoms with Crippen LogP contribution in [0.4, 0.5) is 0 Å². The molecular formula is C16H22BNO2. The third kappa shape index (κ3) is 2.55. The summed E-state index contributed by atoms with van der Waals surface area (Å²) in [5.41, 5.74) is 1.63. The molecule has 0 bridgehead atoms. The molecule has 0 aliphatic carbocycles. The minimum absolute atomic E-state index is 0.0620. The van der Waals surface area contributed by atoms with E-state index in [1.165, 1.54) is 0 Å². The lowest BCUT2D eigenvalue weighted by Gasteiger charge is -2.34. The number of hydrogen-bond donors (Lipinski definition) is 0. The van der Waals surface area contributed by atoms with Gasteiger partial charge in [0.25, 0.3) is 0 Å². The zero-order valence-electron chi connectivity index (χ0n) is 13.0. The molecule has 0 atom stereocenters. The second kappa shape index (κ2) is 5.14. The molecule has 0 saturated carbocycles. The summed E-state index contributed by atoms with van der Waals surface area (Å²) < 4.78 is 11.8. The van der Waals surface area contributed by atoms with E-state index >= 15 is 0 Å². The molecule has 0 N–H and O–H groups in total. The third-order valence-electron chi connectivity index (χ3n) is 4.56. The van der Waals surface area contributed by atoms with Crippen molar-refractivity contribution in [2.75, 3.05) is 6.61 Å². The van der Waals surface area contributed by atoms with Gasteiger partial charge in [0.1, 0.15) is 11.8 Å². The highest BCUT2D eigenvalue weighted by Crippen LogP contribution is 2.45. The maximum atomic E-state index is 9.11. The van der Waals surface area contributed by atoms with Gasteiger partial charge in [-0.15, -0.1) is 0 Å². The minimum atomic E-state index is -0.155. The standard InChI is InChI=1S/C16H22BNO2/c1-6-19-14-9-13(8-7-12(14)10-18)17-11-15(2,3)16(4,5)20-17/h7-9H,6,11H2,1-5H3. The van der Waals surface area contributed by atoms with Crippen molar-refractivity contribution in [3.8, 4) is 11.8 Å². The normalized spacial score (nSPS) is 19.7. The Kier molecular flexibility index (Phi) is 3.84. The van der Waals surface area contributed by atoms with Gasteiger partial charge in [-0.1, -0.05) is 19.9 Å². The first-order chi connectivity index (χ1) is 9.30. The van der Waals surface area contributed by atoms with Crippen LogP contribution < -0.4 is 10.2 Å². The van der Waals surface area contributed by atoms with Gasteiger partial charge in [-0.2, -0.15) is 5.26 Å². The van der Waals surface area contributed by atoms with Crippen molar-refractivity contribution in [2.24, 2.45) is 5.41 Å². The molecule has 1 saturated heterocycles. The summed E-state index contributed by atoms with van der Waals surface area (Å²) in [6.07, 6.45) is 0.970. The van der Waals surface area contributed by atoms with Gasteiger partial charge < -0.3 is 9.39 Å². The zero-order chi connectivity index (χ0) is 15.0. The highest BCUT2D eigenvalue weighted by atomic mass is 16.5. The molecule has 20 heavy (non-hydrogen) atoms. The topological polar surface area (TPSA) is 42.2 Å². The Balaban J connectivity index is 2.32. The second-order valence-corrected chi connectivity index (χ2v) is 6.51. The molecule has 0 unspecified atom stereocenters. The average molecular weight is 271 g/mol. The van der Waals surface area contributed by atoms with Crippen molar-refractivity contribution in [1.29, 1.82) is 5.26 Å². The molecular weight excluding hydrogens is 249 g/mol. The summed E-state index contributed by atoms with van der Waals surface area (Å²) in [5, 5.41) is 9.11. The van der Waals surface area contributed by atoms with Gasteiger partial charge in [0.15, 0.2) is 0 Å². The first-order valence-electron chi connectivity index (χ1n) is 7.15. The van der Waals surface area contributed by atoms with Gasteiger partial charge in [0.2, 0.25) is 0 Å². The lowest BCUT2D eigenvalue weighted by atomic mass is 9.54. The molecule has 0 spiro atoms. The highest BCUT2D eigenvalue weighted by Gasteiger charge is 2.49. The Morgan fingerprint density at radius 3 is 2.55 bits per heavy atom. The number of hydrogen-bond acceptors (Lipinski definition) is 3. The molecule has 1 aromatic carbocycles. The quantitative estimate of drug-likeness (QED) is 0.794. The fraction of sp³-hybridized carbons (Fsp3) is 0.562. The Bertz CT molecular complexity index is 530. The zero-order valence-corrected chi connectivity index (χ0v) is 13.0. The predicted octanol–water partition coefficient (Wildman–Crippen LogP) is 2.99. The van der Waals surface area contributed by atoms with Crippen LogP contribution in [0.15, 0.2) is 18.2 Å². The molecule has 0 aromatic heterocycles. The Morgan fingerprint density at radius 2 is 2.05 bits per heavy atom. The highest BCUT2D eigenvalue weighted by molar-refractivity contribution is 6.68. The number of rotatable bonds is 3. The van der Waals surface area contributed by atoms with Crippen LogP contribution in [0.25, 0.3) is 0 Å². The molecule has 1 aliphatic heterocycles. The molecule has 4 heteroatoms. The molecule has 2 rings (SSSR count). The summed E-state index contributed by atoms with van der Waals surface area (Å²) in [5.74, 6) is 0.651. The predicted molar refractivity (Wildman–Crippen MR) is 81.5 cm³/mol. The second-order valence-electron chi connectivity index (χ2n) is 6.51. The Labute approximate surface area is 122 Å². The average Bonchev–Trinajstić information content (AvgIpc) is 2.59. The molecule has 1 heterocycles. The van der Waals surface area contributed by atoms with E-state index in [2.05, 4.69) is 33.8 Å². The van der Waals surface area contributed by atoms with E-state index in [4.69, 9.17) is 14.7 Å². The van der Waals surface area contributed by atoms with Crippen LogP contribution in [0.1, 0.15) is 40.2 Å². The molecule has 106 valence electrons. The first kappa shape index (κ1) is 14.9. The van der Waals surface area contributed by atoms with Crippen LogP contribution >= 0.6 is 0 Å². The largest absolute Gasteiger partial charge is 0.493 e. The molecule has 1 aliphatic rings. The molecule has 1 aromatic rings. The summed E-state index contributed by atoms with van der Waals surface area (Å²) in [6.45, 7) is 11.3. The lowest BCUT2D eigenvalue weighted by Crippen LogP contribution is -2.36. The van der Waals surface area contributed by atoms with Gasteiger partial charge in [0, 0.05) is 0 Å². The Hall–Kier alpha value is -1.47. The monoisotopic (exact) mass is 271 g/mol. The Morgan fingerprint density at radius 1 is 1.35 bits per heavy atom. The fourth-order valence-corrected chi connectivity index (χ4v) is 2.56. The summed E-state index contributed by atoms with van der Waals surface area (Å²) in [4.78, 5) is 0. The van der Waals surface area contributed by atoms with E-state index < -0.39 is 0 Å². The van der Waals surface area contributed by atoms with Crippen molar-refractivity contribution >= 4 is 12.4 Å². The van der Waals surface area contributed by atoms with Gasteiger partial charge in [-0.25, -0.2) is 0 Å². The summed E-state index contributed by atoms with van der Waals surface area (Å²) in [7, 11) is 0. The van der Waals surface area contributed by atoms with E-state index in [9.17, 15) is 0 Å². The van der Waals surface area contributed by atoms with Crippen molar-refractivity contribution < 1.29 is 9.39 Å². The van der Waals surface area contributed by atoms with Crippen molar-refractivity contribution in [2.45, 2.75) is 46.5 Å². The van der Waals surface area contributed by atoms with E-state index in [1.807, 2.05) is 25.1 Å². The van der Waals surface area contributed by atoms with Crippen LogP contribution in [0.2, 0.25) is 6.32 Å². The maximum Gasteiger partial charge on any atom is 0.328 e. The molecule has 0 amide bonds. The minimum Gasteiger partial charge on any atom is -0.493 e. The lowest BCUT2D eigenvalue weighted by molar-refractivity contribution is 0.0375.